The van der Waals surface area contributed by atoms with Crippen molar-refractivity contribution in [3.05, 3.63) is 0 Å². The van der Waals surface area contributed by atoms with Crippen LogP contribution in [0.15, 0.2) is 0 Å². The van der Waals surface area contributed by atoms with E-state index >= 15 is 0 Å². The molecule has 0 aromatic carbocycles. The minimum atomic E-state index is -0.0114. The molecular formula is C2H9Br2NSi2. The standard InChI is InChI=1S/C2H9Br2NSi2/c1-2-5(6-3)7-4/h2,6-7H2,1H3. The molecule has 0 aromatic rings. The van der Waals surface area contributed by atoms with Gasteiger partial charge in [0.05, 0.1) is 0 Å². The van der Waals surface area contributed by atoms with E-state index in [9.17, 15) is 0 Å². The fraction of sp³-hybridized carbons (Fsp3) is 1.00. The Morgan fingerprint density at radius 2 is 1.86 bits per heavy atom. The summed E-state index contributed by atoms with van der Waals surface area (Å²) < 4.78 is 2.49. The first-order valence-electron chi connectivity index (χ1n) is 2.19. The van der Waals surface area contributed by atoms with Crippen molar-refractivity contribution >= 4 is 47.2 Å². The van der Waals surface area contributed by atoms with E-state index in [0.717, 1.165) is 0 Å². The summed E-state index contributed by atoms with van der Waals surface area (Å²) in [6.45, 7) is 3.41. The fourth-order valence-electron chi connectivity index (χ4n) is 0.201. The van der Waals surface area contributed by atoms with Gasteiger partial charge in [-0.25, -0.2) is 0 Å². The molecule has 0 aliphatic carbocycles. The molecule has 0 bridgehead atoms. The Morgan fingerprint density at radius 3 is 1.86 bits per heavy atom. The SMILES string of the molecule is CCN([SiH2]Br)[SiH2]Br. The van der Waals surface area contributed by atoms with Gasteiger partial charge < -0.3 is 4.23 Å². The zero-order valence-corrected chi connectivity index (χ0v) is 10.3. The van der Waals surface area contributed by atoms with Crippen LogP contribution in [-0.2, 0) is 0 Å². The van der Waals surface area contributed by atoms with Crippen molar-refractivity contribution in [1.29, 1.82) is 0 Å². The molecule has 0 aliphatic heterocycles. The second-order valence-electron chi connectivity index (χ2n) is 1.23. The quantitative estimate of drug-likeness (QED) is 0.515. The average Bonchev–Trinajstić information content (AvgIpc) is 1.72. The normalized spacial score (nSPS) is 13.7. The second-order valence-corrected chi connectivity index (χ2v) is 7.40. The molecule has 44 valence electrons. The maximum absolute atomic E-state index is 3.51. The molecule has 0 radical (unpaired) electrons. The summed E-state index contributed by atoms with van der Waals surface area (Å²) >= 11 is 7.01. The van der Waals surface area contributed by atoms with Gasteiger partial charge in [0.15, 0.2) is 16.6 Å². The highest BCUT2D eigenvalue weighted by Crippen LogP contribution is 1.89. The molecule has 0 aliphatic rings. The molecule has 0 atom stereocenters. The number of nitrogens with zero attached hydrogens (tertiary/aromatic N) is 1. The van der Waals surface area contributed by atoms with Crippen molar-refractivity contribution in [3.8, 4) is 0 Å². The number of halogens is 2. The minimum absolute atomic E-state index is 0.0114. The van der Waals surface area contributed by atoms with Crippen molar-refractivity contribution in [3.63, 3.8) is 0 Å². The summed E-state index contributed by atoms with van der Waals surface area (Å²) in [7, 11) is -0.0228. The Kier molecular flexibility index (Phi) is 6.55. The predicted molar refractivity (Wildman–Crippen MR) is 47.3 cm³/mol. The van der Waals surface area contributed by atoms with Crippen molar-refractivity contribution in [2.45, 2.75) is 6.92 Å². The van der Waals surface area contributed by atoms with E-state index in [1.54, 1.807) is 0 Å². The maximum Gasteiger partial charge on any atom is 0.164 e. The van der Waals surface area contributed by atoms with Gasteiger partial charge in [0.25, 0.3) is 0 Å². The lowest BCUT2D eigenvalue weighted by Gasteiger charge is -2.10. The summed E-state index contributed by atoms with van der Waals surface area (Å²) in [5, 5.41) is 0. The highest BCUT2D eigenvalue weighted by Gasteiger charge is 1.93. The Balaban J connectivity index is 2.99. The lowest BCUT2D eigenvalue weighted by molar-refractivity contribution is 0.740. The van der Waals surface area contributed by atoms with Crippen LogP contribution in [-0.4, -0.2) is 27.4 Å². The molecule has 0 aromatic heterocycles. The van der Waals surface area contributed by atoms with Gasteiger partial charge >= 0.3 is 0 Å². The molecule has 0 saturated carbocycles. The topological polar surface area (TPSA) is 3.24 Å². The molecule has 1 nitrogen and oxygen atoms in total. The molecule has 0 rings (SSSR count). The third-order valence-electron chi connectivity index (χ3n) is 0.785. The molecule has 0 N–H and O–H groups in total. The van der Waals surface area contributed by atoms with Gasteiger partial charge in [-0.1, -0.05) is 6.92 Å². The van der Waals surface area contributed by atoms with Gasteiger partial charge in [0.2, 0.25) is 0 Å². The summed E-state index contributed by atoms with van der Waals surface area (Å²) in [5.74, 6) is 0. The highest BCUT2D eigenvalue weighted by atomic mass is 79.9. The zero-order valence-electron chi connectivity index (χ0n) is 4.32. The lowest BCUT2D eigenvalue weighted by Crippen LogP contribution is -2.24. The number of hydrogen-bond acceptors (Lipinski definition) is 1. The fourth-order valence-corrected chi connectivity index (χ4v) is 10.4. The van der Waals surface area contributed by atoms with Crippen LogP contribution in [0, 0.1) is 0 Å². The van der Waals surface area contributed by atoms with E-state index in [-0.39, 0.29) is 16.6 Å². The zero-order chi connectivity index (χ0) is 5.70. The number of hydrogen-bond donors (Lipinski definition) is 0. The second kappa shape index (κ2) is 5.49. The number of rotatable bonds is 3. The van der Waals surface area contributed by atoms with E-state index < -0.39 is 0 Å². The van der Waals surface area contributed by atoms with Crippen LogP contribution >= 0.6 is 30.6 Å². The van der Waals surface area contributed by atoms with Crippen LogP contribution in [0.5, 0.6) is 0 Å². The van der Waals surface area contributed by atoms with E-state index in [4.69, 9.17) is 0 Å². The van der Waals surface area contributed by atoms with Crippen LogP contribution in [0.1, 0.15) is 6.92 Å². The minimum Gasteiger partial charge on any atom is -0.338 e. The Labute approximate surface area is 64.8 Å². The van der Waals surface area contributed by atoms with E-state index in [0.29, 0.717) is 0 Å². The molecular weight excluding hydrogens is 254 g/mol. The van der Waals surface area contributed by atoms with Gasteiger partial charge in [0.1, 0.15) is 0 Å². The smallest absolute Gasteiger partial charge is 0.164 e. The summed E-state index contributed by atoms with van der Waals surface area (Å²) in [5.41, 5.74) is 0. The Hall–Kier alpha value is 1.35. The van der Waals surface area contributed by atoms with Crippen molar-refractivity contribution in [1.82, 2.24) is 4.23 Å². The van der Waals surface area contributed by atoms with E-state index in [1.807, 2.05) is 0 Å². The maximum atomic E-state index is 3.51. The van der Waals surface area contributed by atoms with Crippen LogP contribution in [0.25, 0.3) is 0 Å². The molecule has 0 amide bonds. The third-order valence-corrected chi connectivity index (χ3v) is 11.9. The largest absolute Gasteiger partial charge is 0.338 e. The van der Waals surface area contributed by atoms with Crippen molar-refractivity contribution in [2.24, 2.45) is 0 Å². The van der Waals surface area contributed by atoms with E-state index in [2.05, 4.69) is 41.7 Å². The monoisotopic (exact) mass is 261 g/mol. The molecule has 0 unspecified atom stereocenters. The van der Waals surface area contributed by atoms with Gasteiger partial charge in [0, 0.05) is 0 Å². The molecule has 0 spiro atoms. The van der Waals surface area contributed by atoms with Crippen LogP contribution < -0.4 is 0 Å². The summed E-state index contributed by atoms with van der Waals surface area (Å²) in [4.78, 5) is 0. The Morgan fingerprint density at radius 1 is 1.43 bits per heavy atom. The molecule has 5 heteroatoms. The van der Waals surface area contributed by atoms with Crippen LogP contribution in [0.3, 0.4) is 0 Å². The van der Waals surface area contributed by atoms with Crippen molar-refractivity contribution in [2.75, 3.05) is 6.54 Å². The van der Waals surface area contributed by atoms with E-state index in [1.165, 1.54) is 6.54 Å². The highest BCUT2D eigenvalue weighted by molar-refractivity contribution is 9.24. The molecule has 0 saturated heterocycles. The average molecular weight is 263 g/mol. The Bertz CT molecular complexity index is 35.2. The van der Waals surface area contributed by atoms with Crippen LogP contribution in [0.4, 0.5) is 0 Å². The summed E-state index contributed by atoms with van der Waals surface area (Å²) in [6.07, 6.45) is 0. The van der Waals surface area contributed by atoms with Gasteiger partial charge in [-0.3, -0.25) is 0 Å². The third kappa shape index (κ3) is 3.90. The first-order chi connectivity index (χ1) is 3.35. The van der Waals surface area contributed by atoms with Crippen molar-refractivity contribution < 1.29 is 0 Å². The predicted octanol–water partition coefficient (Wildman–Crippen LogP) is 0.0957. The summed E-state index contributed by atoms with van der Waals surface area (Å²) in [6, 6.07) is 0. The van der Waals surface area contributed by atoms with Gasteiger partial charge in [-0.2, -0.15) is 0 Å². The molecule has 0 fully saturated rings. The van der Waals surface area contributed by atoms with Gasteiger partial charge in [-0.05, 0) is 6.54 Å². The first kappa shape index (κ1) is 8.35. The lowest BCUT2D eigenvalue weighted by atomic mass is 10.8. The van der Waals surface area contributed by atoms with Crippen LogP contribution in [0.2, 0.25) is 0 Å². The molecule has 7 heavy (non-hydrogen) atoms. The molecule has 0 heterocycles. The van der Waals surface area contributed by atoms with Gasteiger partial charge in [-0.15, -0.1) is 30.6 Å². The first-order valence-corrected chi connectivity index (χ1v) is 11.3.